The predicted molar refractivity (Wildman–Crippen MR) is 75.2 cm³/mol. The number of rotatable bonds is 2. The van der Waals surface area contributed by atoms with Crippen molar-refractivity contribution in [3.63, 3.8) is 0 Å². The van der Waals surface area contributed by atoms with Crippen molar-refractivity contribution in [1.29, 1.82) is 5.26 Å². The molecule has 0 aromatic heterocycles. The summed E-state index contributed by atoms with van der Waals surface area (Å²) in [4.78, 5) is 0. The first-order chi connectivity index (χ1) is 9.19. The van der Waals surface area contributed by atoms with Crippen LogP contribution in [0.4, 0.5) is 0 Å². The lowest BCUT2D eigenvalue weighted by molar-refractivity contribution is -0.0135. The van der Waals surface area contributed by atoms with Gasteiger partial charge in [0.1, 0.15) is 0 Å². The molecule has 19 heavy (non-hydrogen) atoms. The van der Waals surface area contributed by atoms with Crippen LogP contribution in [0.5, 0.6) is 0 Å². The number of nitrogens with zero attached hydrogens (tertiary/aromatic N) is 1. The smallest absolute Gasteiger partial charge is 0.0661 e. The predicted octanol–water partition coefficient (Wildman–Crippen LogP) is 3.75. The van der Waals surface area contributed by atoms with E-state index in [0.717, 1.165) is 36.5 Å². The van der Waals surface area contributed by atoms with Crippen LogP contribution in [0.1, 0.15) is 58.3 Å². The summed E-state index contributed by atoms with van der Waals surface area (Å²) in [5, 5.41) is 18.5. The molecule has 1 N–H and O–H groups in total. The van der Waals surface area contributed by atoms with Crippen molar-refractivity contribution in [3.05, 3.63) is 0 Å². The van der Waals surface area contributed by atoms with Crippen LogP contribution in [0, 0.1) is 46.3 Å². The highest BCUT2D eigenvalue weighted by atomic mass is 16.3. The zero-order valence-electron chi connectivity index (χ0n) is 12.1. The van der Waals surface area contributed by atoms with E-state index < -0.39 is 0 Å². The SMILES string of the molecule is C[C@]12CCC3C[C@H](CCO)CCC3C1CC[C@H]2C#N. The second-order valence-electron chi connectivity index (χ2n) is 7.53. The van der Waals surface area contributed by atoms with E-state index in [1.807, 2.05) is 0 Å². The fraction of sp³-hybridized carbons (Fsp3) is 0.941. The van der Waals surface area contributed by atoms with Crippen LogP contribution < -0.4 is 0 Å². The lowest BCUT2D eigenvalue weighted by Gasteiger charge is -2.51. The third-order valence-corrected chi connectivity index (χ3v) is 6.82. The second-order valence-corrected chi connectivity index (χ2v) is 7.53. The first kappa shape index (κ1) is 13.4. The topological polar surface area (TPSA) is 44.0 Å². The third kappa shape index (κ3) is 2.11. The molecule has 2 heteroatoms. The van der Waals surface area contributed by atoms with Gasteiger partial charge in [-0.25, -0.2) is 0 Å². The molecule has 0 spiro atoms. The van der Waals surface area contributed by atoms with Gasteiger partial charge in [-0.1, -0.05) is 13.3 Å². The van der Waals surface area contributed by atoms with Gasteiger partial charge in [0.25, 0.3) is 0 Å². The summed E-state index contributed by atoms with van der Waals surface area (Å²) in [5.41, 5.74) is 0.319. The largest absolute Gasteiger partial charge is 0.396 e. The lowest BCUT2D eigenvalue weighted by Crippen LogP contribution is -2.43. The van der Waals surface area contributed by atoms with E-state index in [4.69, 9.17) is 5.11 Å². The molecule has 0 bridgehead atoms. The maximum absolute atomic E-state index is 9.40. The molecule has 0 saturated heterocycles. The van der Waals surface area contributed by atoms with Gasteiger partial charge in [0.15, 0.2) is 0 Å². The van der Waals surface area contributed by atoms with Gasteiger partial charge in [-0.05, 0) is 74.0 Å². The minimum atomic E-state index is 0.314. The van der Waals surface area contributed by atoms with Gasteiger partial charge < -0.3 is 5.11 Å². The van der Waals surface area contributed by atoms with Crippen molar-refractivity contribution in [3.8, 4) is 6.07 Å². The van der Waals surface area contributed by atoms with Crippen molar-refractivity contribution < 1.29 is 5.11 Å². The molecule has 0 aromatic rings. The first-order valence-corrected chi connectivity index (χ1v) is 8.19. The van der Waals surface area contributed by atoms with Gasteiger partial charge in [0.2, 0.25) is 0 Å². The molecule has 0 heterocycles. The Kier molecular flexibility index (Phi) is 3.60. The second kappa shape index (κ2) is 5.09. The van der Waals surface area contributed by atoms with E-state index in [2.05, 4.69) is 13.0 Å². The van der Waals surface area contributed by atoms with Crippen molar-refractivity contribution in [2.24, 2.45) is 35.0 Å². The molecule has 3 rings (SSSR count). The van der Waals surface area contributed by atoms with E-state index in [1.165, 1.54) is 38.5 Å². The highest BCUT2D eigenvalue weighted by Crippen LogP contribution is 2.61. The van der Waals surface area contributed by atoms with E-state index in [-0.39, 0.29) is 0 Å². The molecular formula is C17H27NO. The summed E-state index contributed by atoms with van der Waals surface area (Å²) < 4.78 is 0. The molecule has 3 fully saturated rings. The van der Waals surface area contributed by atoms with Crippen LogP contribution >= 0.6 is 0 Å². The van der Waals surface area contributed by atoms with E-state index >= 15 is 0 Å². The fourth-order valence-electron chi connectivity index (χ4n) is 5.73. The van der Waals surface area contributed by atoms with Crippen molar-refractivity contribution in [2.75, 3.05) is 6.61 Å². The highest BCUT2D eigenvalue weighted by molar-refractivity contribution is 5.09. The number of aliphatic hydroxyl groups excluding tert-OH is 1. The number of nitriles is 1. The molecule has 0 radical (unpaired) electrons. The summed E-state index contributed by atoms with van der Waals surface area (Å²) in [6.07, 6.45) is 10.0. The maximum atomic E-state index is 9.40. The number of hydrogen-bond acceptors (Lipinski definition) is 2. The van der Waals surface area contributed by atoms with Crippen molar-refractivity contribution in [2.45, 2.75) is 58.3 Å². The zero-order chi connectivity index (χ0) is 13.5. The van der Waals surface area contributed by atoms with E-state index in [9.17, 15) is 5.26 Å². The average Bonchev–Trinajstić information content (AvgIpc) is 2.76. The molecular weight excluding hydrogens is 234 g/mol. The normalized spacial score (nSPS) is 49.2. The van der Waals surface area contributed by atoms with Crippen LogP contribution in [-0.4, -0.2) is 11.7 Å². The minimum absolute atomic E-state index is 0.314. The Morgan fingerprint density at radius 1 is 1.21 bits per heavy atom. The Morgan fingerprint density at radius 2 is 2.05 bits per heavy atom. The van der Waals surface area contributed by atoms with Gasteiger partial charge >= 0.3 is 0 Å². The van der Waals surface area contributed by atoms with Crippen LogP contribution in [0.2, 0.25) is 0 Å². The van der Waals surface area contributed by atoms with E-state index in [0.29, 0.717) is 17.9 Å². The summed E-state index contributed by atoms with van der Waals surface area (Å²) in [6.45, 7) is 2.76. The van der Waals surface area contributed by atoms with Crippen LogP contribution in [-0.2, 0) is 0 Å². The molecule has 6 atom stereocenters. The molecule has 0 amide bonds. The van der Waals surface area contributed by atoms with Crippen molar-refractivity contribution in [1.82, 2.24) is 0 Å². The van der Waals surface area contributed by atoms with Crippen LogP contribution in [0.3, 0.4) is 0 Å². The zero-order valence-corrected chi connectivity index (χ0v) is 12.1. The Bertz CT molecular complexity index is 374. The summed E-state index contributed by atoms with van der Waals surface area (Å²) in [6, 6.07) is 2.60. The molecule has 0 aromatic carbocycles. The van der Waals surface area contributed by atoms with Gasteiger partial charge in [0, 0.05) is 6.61 Å². The van der Waals surface area contributed by atoms with Gasteiger partial charge in [0.05, 0.1) is 12.0 Å². The minimum Gasteiger partial charge on any atom is -0.396 e. The van der Waals surface area contributed by atoms with Gasteiger partial charge in [-0.2, -0.15) is 5.26 Å². The molecule has 0 aliphatic heterocycles. The fourth-order valence-corrected chi connectivity index (χ4v) is 5.73. The Morgan fingerprint density at radius 3 is 2.79 bits per heavy atom. The maximum Gasteiger partial charge on any atom is 0.0661 e. The van der Waals surface area contributed by atoms with Gasteiger partial charge in [-0.15, -0.1) is 0 Å². The third-order valence-electron chi connectivity index (χ3n) is 6.82. The summed E-state index contributed by atoms with van der Waals surface area (Å²) >= 11 is 0. The van der Waals surface area contributed by atoms with Crippen LogP contribution in [0.15, 0.2) is 0 Å². The molecule has 3 aliphatic rings. The molecule has 3 saturated carbocycles. The van der Waals surface area contributed by atoms with E-state index in [1.54, 1.807) is 0 Å². The monoisotopic (exact) mass is 261 g/mol. The molecule has 3 aliphatic carbocycles. The first-order valence-electron chi connectivity index (χ1n) is 8.19. The summed E-state index contributed by atoms with van der Waals surface area (Å²) in [5.74, 6) is 3.66. The van der Waals surface area contributed by atoms with Gasteiger partial charge in [-0.3, -0.25) is 0 Å². The number of aliphatic hydroxyl groups is 1. The number of fused-ring (bicyclic) bond motifs is 3. The lowest BCUT2D eigenvalue weighted by atomic mass is 9.54. The Labute approximate surface area is 117 Å². The van der Waals surface area contributed by atoms with Crippen molar-refractivity contribution >= 4 is 0 Å². The molecule has 2 nitrogen and oxygen atoms in total. The highest BCUT2D eigenvalue weighted by Gasteiger charge is 2.54. The molecule has 106 valence electrons. The standard InChI is InChI=1S/C17H27NO/c1-17-8-6-13-10-12(7-9-19)2-4-15(13)16(17)5-3-14(17)11-18/h12-16,19H,2-10H2,1H3/t12-,13?,14-,15?,16?,17+/m0/s1. The number of hydrogen-bond donors (Lipinski definition) is 1. The average molecular weight is 261 g/mol. The Hall–Kier alpha value is -0.550. The Balaban J connectivity index is 1.73. The quantitative estimate of drug-likeness (QED) is 0.822. The molecule has 3 unspecified atom stereocenters. The summed E-state index contributed by atoms with van der Waals surface area (Å²) in [7, 11) is 0. The van der Waals surface area contributed by atoms with Crippen LogP contribution in [0.25, 0.3) is 0 Å².